The van der Waals surface area contributed by atoms with E-state index in [0.717, 1.165) is 6.92 Å². The van der Waals surface area contributed by atoms with E-state index in [4.69, 9.17) is 0 Å². The van der Waals surface area contributed by atoms with Crippen molar-refractivity contribution in [1.29, 1.82) is 0 Å². The molecule has 3 aliphatic rings. The number of aromatic hydroxyl groups is 1. The van der Waals surface area contributed by atoms with E-state index in [1.165, 1.54) is 26.8 Å². The third-order valence-corrected chi connectivity index (χ3v) is 10.8. The number of phenols is 1. The summed E-state index contributed by atoms with van der Waals surface area (Å²) < 4.78 is 0. The van der Waals surface area contributed by atoms with Crippen molar-refractivity contribution in [2.45, 2.75) is 66.1 Å². The van der Waals surface area contributed by atoms with Gasteiger partial charge in [-0.05, 0) is 48.4 Å². The highest BCUT2D eigenvalue weighted by Crippen LogP contribution is 2.67. The van der Waals surface area contributed by atoms with Crippen LogP contribution in [0.2, 0.25) is 0 Å². The molecule has 0 bridgehead atoms. The third kappa shape index (κ3) is 3.58. The van der Waals surface area contributed by atoms with Crippen LogP contribution in [-0.2, 0) is 19.2 Å². The summed E-state index contributed by atoms with van der Waals surface area (Å²) in [5, 5.41) is 35.5. The Labute approximate surface area is 249 Å². The Hall–Kier alpha value is -3.82. The number of carbonyl (C=O) groups excluding carboxylic acids is 6. The predicted molar refractivity (Wildman–Crippen MR) is 154 cm³/mol. The molecule has 0 radical (unpaired) electrons. The molecule has 3 N–H and O–H groups in total. The van der Waals surface area contributed by atoms with Gasteiger partial charge in [0.1, 0.15) is 17.5 Å². The van der Waals surface area contributed by atoms with E-state index >= 15 is 0 Å². The number of aliphatic hydroxyl groups excluding tert-OH is 1. The molecule has 0 saturated heterocycles. The highest BCUT2D eigenvalue weighted by atomic mass is 16.3. The largest absolute Gasteiger partial charge is 0.507 e. The number of phenolic OH excluding ortho intramolecular Hbond substituents is 1. The van der Waals surface area contributed by atoms with Crippen molar-refractivity contribution in [3.63, 3.8) is 0 Å². The lowest BCUT2D eigenvalue weighted by Crippen LogP contribution is -2.82. The van der Waals surface area contributed by atoms with E-state index in [0.29, 0.717) is 22.3 Å². The second kappa shape index (κ2) is 9.59. The average molecular weight is 589 g/mol. The zero-order valence-corrected chi connectivity index (χ0v) is 25.2. The van der Waals surface area contributed by atoms with Crippen LogP contribution in [0.1, 0.15) is 80.7 Å². The zero-order valence-electron chi connectivity index (χ0n) is 25.2. The lowest BCUT2D eigenvalue weighted by Gasteiger charge is -2.65. The first-order valence-corrected chi connectivity index (χ1v) is 14.4. The number of benzene rings is 2. The van der Waals surface area contributed by atoms with Crippen LogP contribution >= 0.6 is 0 Å². The second-order valence-electron chi connectivity index (χ2n) is 13.2. The van der Waals surface area contributed by atoms with Crippen LogP contribution in [0.3, 0.4) is 0 Å². The van der Waals surface area contributed by atoms with Crippen LogP contribution in [0.4, 0.5) is 0 Å². The van der Waals surface area contributed by atoms with Gasteiger partial charge in [0, 0.05) is 22.3 Å². The molecule has 0 spiro atoms. The molecule has 0 amide bonds. The van der Waals surface area contributed by atoms with Crippen LogP contribution in [0.15, 0.2) is 36.4 Å². The number of fused-ring (bicyclic) bond motifs is 3. The van der Waals surface area contributed by atoms with E-state index in [1.54, 1.807) is 51.1 Å². The lowest BCUT2D eigenvalue weighted by atomic mass is 9.37. The SMILES string of the molecule is CC(=O)c1ccc(-c2ccc(O)c3c2[C@@H](C)[C@@]2(C)C(C3=O)C(=O)[C@@]3(O)C(=O)C(C(C)=O)C(=O)C(C(C)C)[C@@]3(C)[C@@H]2O)cc1. The summed E-state index contributed by atoms with van der Waals surface area (Å²) in [7, 11) is 0. The highest BCUT2D eigenvalue weighted by Gasteiger charge is 2.80. The fourth-order valence-corrected chi connectivity index (χ4v) is 8.56. The Morgan fingerprint density at radius 1 is 0.907 bits per heavy atom. The number of ketones is 6. The number of hydrogen-bond acceptors (Lipinski definition) is 9. The van der Waals surface area contributed by atoms with Crippen molar-refractivity contribution in [3.8, 4) is 16.9 Å². The topological polar surface area (TPSA) is 163 Å². The molecule has 2 saturated carbocycles. The second-order valence-corrected chi connectivity index (χ2v) is 13.2. The maximum absolute atomic E-state index is 14.5. The molecule has 9 nitrogen and oxygen atoms in total. The zero-order chi connectivity index (χ0) is 32.1. The molecule has 226 valence electrons. The maximum Gasteiger partial charge on any atom is 0.191 e. The Kier molecular flexibility index (Phi) is 6.83. The van der Waals surface area contributed by atoms with Crippen LogP contribution in [0, 0.1) is 34.5 Å². The monoisotopic (exact) mass is 588 g/mol. The van der Waals surface area contributed by atoms with Crippen molar-refractivity contribution >= 4 is 34.7 Å². The summed E-state index contributed by atoms with van der Waals surface area (Å²) in [5.74, 6) is -11.9. The highest BCUT2D eigenvalue weighted by molar-refractivity contribution is 6.33. The van der Waals surface area contributed by atoms with E-state index in [2.05, 4.69) is 0 Å². The quantitative estimate of drug-likeness (QED) is 0.358. The van der Waals surface area contributed by atoms with Gasteiger partial charge in [-0.3, -0.25) is 28.8 Å². The Balaban J connectivity index is 1.81. The molecule has 0 heterocycles. The van der Waals surface area contributed by atoms with E-state index in [-0.39, 0.29) is 11.3 Å². The number of rotatable bonds is 4. The van der Waals surface area contributed by atoms with Gasteiger partial charge in [0.25, 0.3) is 0 Å². The fraction of sp³-hybridized carbons (Fsp3) is 0.471. The van der Waals surface area contributed by atoms with Crippen LogP contribution in [0.5, 0.6) is 5.75 Å². The predicted octanol–water partition coefficient (Wildman–Crippen LogP) is 3.49. The molecule has 0 aliphatic heterocycles. The van der Waals surface area contributed by atoms with Gasteiger partial charge in [-0.2, -0.15) is 0 Å². The van der Waals surface area contributed by atoms with Gasteiger partial charge in [-0.1, -0.05) is 65.0 Å². The minimum absolute atomic E-state index is 0.133. The lowest BCUT2D eigenvalue weighted by molar-refractivity contribution is -0.240. The molecule has 2 aromatic rings. The van der Waals surface area contributed by atoms with Crippen LogP contribution in [0.25, 0.3) is 11.1 Å². The summed E-state index contributed by atoms with van der Waals surface area (Å²) in [6, 6.07) is 9.60. The Morgan fingerprint density at radius 2 is 1.49 bits per heavy atom. The first-order valence-electron chi connectivity index (χ1n) is 14.4. The summed E-state index contributed by atoms with van der Waals surface area (Å²) in [5.41, 5.74) is -4.91. The number of hydrogen-bond donors (Lipinski definition) is 3. The van der Waals surface area contributed by atoms with E-state index < -0.39 is 86.8 Å². The molecule has 0 aromatic heterocycles. The van der Waals surface area contributed by atoms with Crippen molar-refractivity contribution in [2.24, 2.45) is 34.5 Å². The number of aliphatic hydroxyl groups is 2. The molecule has 3 aliphatic carbocycles. The van der Waals surface area contributed by atoms with Gasteiger partial charge in [0.15, 0.2) is 34.5 Å². The van der Waals surface area contributed by atoms with Gasteiger partial charge >= 0.3 is 0 Å². The summed E-state index contributed by atoms with van der Waals surface area (Å²) in [6.07, 6.45) is -1.75. The molecule has 43 heavy (non-hydrogen) atoms. The molecular formula is C34H36O9. The van der Waals surface area contributed by atoms with Gasteiger partial charge in [-0.15, -0.1) is 0 Å². The normalized spacial score (nSPS) is 35.3. The molecule has 2 fully saturated rings. The molecule has 8 atom stereocenters. The molecule has 9 heteroatoms. The van der Waals surface area contributed by atoms with Crippen LogP contribution in [-0.4, -0.2) is 61.7 Å². The van der Waals surface area contributed by atoms with Crippen LogP contribution < -0.4 is 0 Å². The third-order valence-electron chi connectivity index (χ3n) is 10.8. The average Bonchev–Trinajstić information content (AvgIpc) is 2.93. The minimum atomic E-state index is -3.02. The number of Topliss-reactive ketones (excluding diaryl/α,β-unsaturated/α-hetero) is 6. The number of carbonyl (C=O) groups is 6. The van der Waals surface area contributed by atoms with Gasteiger partial charge in [0.05, 0.1) is 17.6 Å². The van der Waals surface area contributed by atoms with E-state index in [9.17, 15) is 44.1 Å². The van der Waals surface area contributed by atoms with Gasteiger partial charge < -0.3 is 15.3 Å². The van der Waals surface area contributed by atoms with Gasteiger partial charge in [-0.25, -0.2) is 0 Å². The van der Waals surface area contributed by atoms with Crippen molar-refractivity contribution in [3.05, 3.63) is 53.1 Å². The first-order chi connectivity index (χ1) is 19.9. The van der Waals surface area contributed by atoms with Gasteiger partial charge in [0.2, 0.25) is 0 Å². The minimum Gasteiger partial charge on any atom is -0.507 e. The standard InChI is InChI=1S/C34H36O9/c1-14(2)25-27(38)23(17(5)36)29(40)34(43)30(41)26-28(39)24-21(37)13-12-20(19-10-8-18(9-11-19)16(4)35)22(24)15(3)32(26,6)31(42)33(25,34)7/h8-15,23,25-26,31,37,42-43H,1-7H3/t15-,23?,25?,26?,31-,32+,33+,34+/m1/s1. The smallest absolute Gasteiger partial charge is 0.191 e. The Morgan fingerprint density at radius 3 is 2.00 bits per heavy atom. The van der Waals surface area contributed by atoms with E-state index in [1.807, 2.05) is 0 Å². The first kappa shape index (κ1) is 30.6. The molecule has 5 rings (SSSR count). The van der Waals surface area contributed by atoms with Crippen molar-refractivity contribution in [1.82, 2.24) is 0 Å². The molecule has 3 unspecified atom stereocenters. The van der Waals surface area contributed by atoms with Crippen molar-refractivity contribution < 1.29 is 44.1 Å². The molecule has 2 aromatic carbocycles. The summed E-state index contributed by atoms with van der Waals surface area (Å²) in [4.78, 5) is 80.9. The maximum atomic E-state index is 14.5. The molecular weight excluding hydrogens is 552 g/mol. The Bertz CT molecular complexity index is 1640. The summed E-state index contributed by atoms with van der Waals surface area (Å²) >= 11 is 0. The fourth-order valence-electron chi connectivity index (χ4n) is 8.56. The van der Waals surface area contributed by atoms with Crippen molar-refractivity contribution in [2.75, 3.05) is 0 Å². The summed E-state index contributed by atoms with van der Waals surface area (Å²) in [6.45, 7) is 10.3.